The molecule has 1 aromatic heterocycles. The minimum Gasteiger partial charge on any atom is -0.455 e. The van der Waals surface area contributed by atoms with E-state index in [0.717, 1.165) is 5.39 Å². The molecule has 0 aliphatic heterocycles. The molecule has 3 aromatic rings. The number of para-hydroxylation sites is 2. The number of nitro groups is 1. The normalized spacial score (nSPS) is 12.0. The van der Waals surface area contributed by atoms with Crippen LogP contribution >= 0.6 is 0 Å². The lowest BCUT2D eigenvalue weighted by atomic mass is 10.1. The van der Waals surface area contributed by atoms with Crippen LogP contribution in [0.3, 0.4) is 0 Å². The molecule has 0 bridgehead atoms. The lowest BCUT2D eigenvalue weighted by molar-refractivity contribution is -0.458. The summed E-state index contributed by atoms with van der Waals surface area (Å²) in [4.78, 5) is 9.48. The average molecular weight is 291 g/mol. The Morgan fingerprint density at radius 1 is 1.05 bits per heavy atom. The summed E-state index contributed by atoms with van der Waals surface area (Å²) in [5.74, 6) is -1.15. The van der Waals surface area contributed by atoms with Crippen LogP contribution in [0.2, 0.25) is 0 Å². The largest absolute Gasteiger partial charge is 0.455 e. The molecule has 3 rings (SSSR count). The molecule has 7 heteroatoms. The number of sulfone groups is 1. The maximum absolute atomic E-state index is 12.0. The van der Waals surface area contributed by atoms with E-state index in [1.54, 1.807) is 24.3 Å². The van der Waals surface area contributed by atoms with Crippen LogP contribution in [0.5, 0.6) is 0 Å². The molecule has 102 valence electrons. The number of benzene rings is 2. The third kappa shape index (κ3) is 1.92. The fourth-order valence-electron chi connectivity index (χ4n) is 2.17. The van der Waals surface area contributed by atoms with Gasteiger partial charge in [0.05, 0.1) is 0 Å². The molecule has 0 atom stereocenters. The Hall–Kier alpha value is -2.41. The van der Waals surface area contributed by atoms with Crippen molar-refractivity contribution in [1.29, 1.82) is 0 Å². The number of fused-ring (bicyclic) bond motifs is 3. The summed E-state index contributed by atoms with van der Waals surface area (Å²) in [6.07, 6.45) is 0. The van der Waals surface area contributed by atoms with E-state index in [4.69, 9.17) is 4.42 Å². The Morgan fingerprint density at radius 3 is 2.50 bits per heavy atom. The molecule has 0 radical (unpaired) electrons. The first-order valence-electron chi connectivity index (χ1n) is 5.74. The molecule has 20 heavy (non-hydrogen) atoms. The highest BCUT2D eigenvalue weighted by Gasteiger charge is 2.26. The number of rotatable bonds is 3. The van der Waals surface area contributed by atoms with E-state index in [1.165, 1.54) is 6.07 Å². The van der Waals surface area contributed by atoms with Crippen molar-refractivity contribution in [3.05, 3.63) is 52.6 Å². The molecular formula is C13H9NO5S. The molecule has 0 unspecified atom stereocenters. The Bertz CT molecular complexity index is 926. The molecule has 1 heterocycles. The number of furan rings is 1. The van der Waals surface area contributed by atoms with Gasteiger partial charge in [-0.05, 0) is 12.1 Å². The lowest BCUT2D eigenvalue weighted by Gasteiger charge is -2.00. The Balaban J connectivity index is 2.35. The molecule has 0 spiro atoms. The average Bonchev–Trinajstić information content (AvgIpc) is 2.75. The van der Waals surface area contributed by atoms with Gasteiger partial charge in [-0.3, -0.25) is 10.1 Å². The summed E-state index contributed by atoms with van der Waals surface area (Å²) < 4.78 is 29.6. The van der Waals surface area contributed by atoms with Gasteiger partial charge in [0, 0.05) is 15.7 Å². The van der Waals surface area contributed by atoms with Gasteiger partial charge in [-0.15, -0.1) is 0 Å². The van der Waals surface area contributed by atoms with Gasteiger partial charge in [-0.2, -0.15) is 0 Å². The minimum atomic E-state index is -4.03. The molecule has 0 amide bonds. The zero-order valence-corrected chi connectivity index (χ0v) is 11.0. The Labute approximate surface area is 113 Å². The van der Waals surface area contributed by atoms with Crippen LogP contribution in [0.1, 0.15) is 0 Å². The SMILES string of the molecule is O=[N+]([O-])CS(=O)(=O)c1cccc2c1oc1ccccc12. The van der Waals surface area contributed by atoms with Crippen LogP contribution in [0.4, 0.5) is 0 Å². The summed E-state index contributed by atoms with van der Waals surface area (Å²) in [6.45, 7) is 0. The molecule has 6 nitrogen and oxygen atoms in total. The fourth-order valence-corrected chi connectivity index (χ4v) is 3.31. The van der Waals surface area contributed by atoms with Gasteiger partial charge in [-0.1, -0.05) is 30.3 Å². The fraction of sp³-hybridized carbons (Fsp3) is 0.0769. The highest BCUT2D eigenvalue weighted by molar-refractivity contribution is 7.91. The van der Waals surface area contributed by atoms with Gasteiger partial charge >= 0.3 is 5.88 Å². The lowest BCUT2D eigenvalue weighted by Crippen LogP contribution is -2.14. The highest BCUT2D eigenvalue weighted by atomic mass is 32.2. The number of hydrogen-bond donors (Lipinski definition) is 0. The quantitative estimate of drug-likeness (QED) is 0.546. The van der Waals surface area contributed by atoms with E-state index in [1.807, 2.05) is 12.1 Å². The van der Waals surface area contributed by atoms with Gasteiger partial charge in [0.15, 0.2) is 5.58 Å². The van der Waals surface area contributed by atoms with Crippen molar-refractivity contribution in [2.24, 2.45) is 0 Å². The standard InChI is InChI=1S/C13H9NO5S/c15-14(16)8-20(17,18)12-7-3-5-10-9-4-1-2-6-11(9)19-13(10)12/h1-7H,8H2. The summed E-state index contributed by atoms with van der Waals surface area (Å²) in [7, 11) is -4.03. The maximum atomic E-state index is 12.0. The van der Waals surface area contributed by atoms with E-state index in [2.05, 4.69) is 0 Å². The van der Waals surface area contributed by atoms with Gasteiger partial charge in [0.1, 0.15) is 10.5 Å². The highest BCUT2D eigenvalue weighted by Crippen LogP contribution is 2.32. The van der Waals surface area contributed by atoms with Crippen LogP contribution in [0.15, 0.2) is 51.8 Å². The second kappa shape index (κ2) is 4.31. The predicted octanol–water partition coefficient (Wildman–Crippen LogP) is 2.59. The van der Waals surface area contributed by atoms with Crippen molar-refractivity contribution >= 4 is 31.8 Å². The Kier molecular flexibility index (Phi) is 2.72. The van der Waals surface area contributed by atoms with Crippen molar-refractivity contribution in [2.75, 3.05) is 5.88 Å². The van der Waals surface area contributed by atoms with Crippen molar-refractivity contribution in [2.45, 2.75) is 4.90 Å². The topological polar surface area (TPSA) is 90.4 Å². The van der Waals surface area contributed by atoms with Gasteiger partial charge in [0.2, 0.25) is 9.84 Å². The predicted molar refractivity (Wildman–Crippen MR) is 72.8 cm³/mol. The van der Waals surface area contributed by atoms with Crippen LogP contribution in [-0.4, -0.2) is 19.2 Å². The first-order chi connectivity index (χ1) is 9.49. The van der Waals surface area contributed by atoms with Crippen molar-refractivity contribution in [1.82, 2.24) is 0 Å². The molecule has 2 aromatic carbocycles. The molecular weight excluding hydrogens is 282 g/mol. The van der Waals surface area contributed by atoms with E-state index in [0.29, 0.717) is 11.0 Å². The number of nitrogens with zero attached hydrogens (tertiary/aromatic N) is 1. The van der Waals surface area contributed by atoms with Crippen molar-refractivity contribution in [3.8, 4) is 0 Å². The van der Waals surface area contributed by atoms with Gasteiger partial charge in [-0.25, -0.2) is 8.42 Å². The third-order valence-electron chi connectivity index (χ3n) is 2.98. The van der Waals surface area contributed by atoms with E-state index in [-0.39, 0.29) is 10.5 Å². The molecule has 0 saturated carbocycles. The maximum Gasteiger partial charge on any atom is 0.306 e. The second-order valence-electron chi connectivity index (χ2n) is 4.31. The minimum absolute atomic E-state index is 0.150. The first-order valence-corrected chi connectivity index (χ1v) is 7.39. The summed E-state index contributed by atoms with van der Waals surface area (Å²) in [5, 5.41) is 11.9. The summed E-state index contributed by atoms with van der Waals surface area (Å²) in [5.41, 5.74) is 0.710. The molecule has 0 fully saturated rings. The monoisotopic (exact) mass is 291 g/mol. The zero-order valence-electron chi connectivity index (χ0n) is 10.1. The van der Waals surface area contributed by atoms with Crippen molar-refractivity contribution < 1.29 is 17.8 Å². The molecule has 0 aliphatic carbocycles. The summed E-state index contributed by atoms with van der Waals surface area (Å²) in [6, 6.07) is 11.7. The smallest absolute Gasteiger partial charge is 0.306 e. The number of hydrogen-bond acceptors (Lipinski definition) is 5. The van der Waals surface area contributed by atoms with E-state index < -0.39 is 20.6 Å². The molecule has 0 saturated heterocycles. The van der Waals surface area contributed by atoms with Crippen LogP contribution in [-0.2, 0) is 9.84 Å². The second-order valence-corrected chi connectivity index (χ2v) is 6.24. The van der Waals surface area contributed by atoms with Crippen molar-refractivity contribution in [3.63, 3.8) is 0 Å². The molecule has 0 aliphatic rings. The van der Waals surface area contributed by atoms with Crippen LogP contribution < -0.4 is 0 Å². The van der Waals surface area contributed by atoms with E-state index >= 15 is 0 Å². The van der Waals surface area contributed by atoms with Gasteiger partial charge < -0.3 is 4.42 Å². The van der Waals surface area contributed by atoms with Crippen LogP contribution in [0.25, 0.3) is 21.9 Å². The molecule has 0 N–H and O–H groups in total. The third-order valence-corrected chi connectivity index (χ3v) is 4.52. The van der Waals surface area contributed by atoms with E-state index in [9.17, 15) is 18.5 Å². The van der Waals surface area contributed by atoms with Crippen LogP contribution in [0, 0.1) is 10.1 Å². The van der Waals surface area contributed by atoms with Gasteiger partial charge in [0.25, 0.3) is 0 Å². The summed E-state index contributed by atoms with van der Waals surface area (Å²) >= 11 is 0. The first kappa shape index (κ1) is 12.6. The zero-order chi connectivity index (χ0) is 14.3. The Morgan fingerprint density at radius 2 is 1.75 bits per heavy atom.